The predicted molar refractivity (Wildman–Crippen MR) is 111 cm³/mol. The largest absolute Gasteiger partial charge is 0.329 e. The van der Waals surface area contributed by atoms with E-state index in [1.165, 1.54) is 11.3 Å². The van der Waals surface area contributed by atoms with Crippen molar-refractivity contribution in [3.05, 3.63) is 53.5 Å². The van der Waals surface area contributed by atoms with E-state index in [-0.39, 0.29) is 6.03 Å². The summed E-state index contributed by atoms with van der Waals surface area (Å²) in [5.41, 5.74) is 2.24. The van der Waals surface area contributed by atoms with Gasteiger partial charge in [-0.3, -0.25) is 10.00 Å². The number of nitrogens with zero attached hydrogens (tertiary/aromatic N) is 4. The average molecular weight is 392 g/mol. The first-order valence-electron chi connectivity index (χ1n) is 9.35. The van der Waals surface area contributed by atoms with Crippen LogP contribution >= 0.6 is 11.3 Å². The van der Waals surface area contributed by atoms with Crippen molar-refractivity contribution in [1.82, 2.24) is 15.1 Å². The molecule has 1 fully saturated rings. The van der Waals surface area contributed by atoms with Crippen LogP contribution in [-0.4, -0.2) is 34.2 Å². The molecule has 6 nitrogen and oxygen atoms in total. The fraction of sp³-hybridized carbons (Fsp3) is 0.286. The number of amides is 2. The topological polar surface area (TPSA) is 76.0 Å². The van der Waals surface area contributed by atoms with E-state index in [1.807, 2.05) is 41.3 Å². The Kier molecular flexibility index (Phi) is 5.13. The molecule has 0 aliphatic carbocycles. The Balaban J connectivity index is 1.74. The average Bonchev–Trinajstić information content (AvgIpc) is 3.39. The highest BCUT2D eigenvalue weighted by molar-refractivity contribution is 7.16. The van der Waals surface area contributed by atoms with Crippen molar-refractivity contribution in [2.75, 3.05) is 18.0 Å². The van der Waals surface area contributed by atoms with Crippen molar-refractivity contribution in [3.8, 4) is 16.6 Å². The summed E-state index contributed by atoms with van der Waals surface area (Å²) in [5.74, 6) is 0.647. The molecule has 3 aromatic rings. The Morgan fingerprint density at radius 2 is 2.00 bits per heavy atom. The summed E-state index contributed by atoms with van der Waals surface area (Å²) in [4.78, 5) is 18.7. The Labute approximate surface area is 168 Å². The number of aromatic nitrogens is 2. The maximum Gasteiger partial charge on any atom is 0.329 e. The number of carbonyl (C=O) groups excluding carboxylic acids is 1. The van der Waals surface area contributed by atoms with Crippen LogP contribution in [0.25, 0.3) is 10.6 Å². The normalized spacial score (nSPS) is 14.6. The summed E-state index contributed by atoms with van der Waals surface area (Å²) in [6.07, 6.45) is 3.71. The fourth-order valence-corrected chi connectivity index (χ4v) is 4.24. The van der Waals surface area contributed by atoms with Gasteiger partial charge in [0, 0.05) is 13.1 Å². The maximum atomic E-state index is 13.5. The van der Waals surface area contributed by atoms with Crippen LogP contribution in [0.1, 0.15) is 24.6 Å². The van der Waals surface area contributed by atoms with E-state index in [2.05, 4.69) is 23.2 Å². The van der Waals surface area contributed by atoms with E-state index >= 15 is 0 Å². The van der Waals surface area contributed by atoms with Crippen molar-refractivity contribution >= 4 is 28.7 Å². The molecule has 1 aromatic carbocycles. The third-order valence-electron chi connectivity index (χ3n) is 5.08. The van der Waals surface area contributed by atoms with Crippen LogP contribution in [0.15, 0.2) is 48.7 Å². The minimum atomic E-state index is -0.0437. The molecule has 1 aliphatic heterocycles. The smallest absolute Gasteiger partial charge is 0.324 e. The lowest BCUT2D eigenvalue weighted by molar-refractivity contribution is 0.182. The van der Waals surface area contributed by atoms with E-state index in [4.69, 9.17) is 5.26 Å². The number of rotatable bonds is 3. The van der Waals surface area contributed by atoms with Crippen LogP contribution in [-0.2, 0) is 0 Å². The van der Waals surface area contributed by atoms with Gasteiger partial charge in [0.1, 0.15) is 10.9 Å². The molecule has 1 N–H and O–H groups in total. The highest BCUT2D eigenvalue weighted by Crippen LogP contribution is 2.37. The van der Waals surface area contributed by atoms with Crippen molar-refractivity contribution in [2.45, 2.75) is 19.8 Å². The number of piperidine rings is 1. The monoisotopic (exact) mass is 391 g/mol. The van der Waals surface area contributed by atoms with Gasteiger partial charge in [0.15, 0.2) is 0 Å². The number of anilines is 2. The lowest BCUT2D eigenvalue weighted by atomic mass is 9.99. The molecule has 7 heteroatoms. The number of urea groups is 1. The number of nitrogens with one attached hydrogen (secondary N) is 1. The highest BCUT2D eigenvalue weighted by atomic mass is 32.1. The summed E-state index contributed by atoms with van der Waals surface area (Å²) in [5, 5.41) is 16.4. The molecule has 2 aromatic heterocycles. The number of aromatic amines is 1. The number of carbonyl (C=O) groups is 1. The molecule has 2 amide bonds. The van der Waals surface area contributed by atoms with Crippen LogP contribution in [0, 0.1) is 17.2 Å². The Bertz CT molecular complexity index is 995. The van der Waals surface area contributed by atoms with Gasteiger partial charge in [-0.2, -0.15) is 10.4 Å². The van der Waals surface area contributed by atoms with Crippen molar-refractivity contribution in [3.63, 3.8) is 0 Å². The minimum Gasteiger partial charge on any atom is -0.324 e. The number of para-hydroxylation sites is 1. The van der Waals surface area contributed by atoms with Gasteiger partial charge in [-0.25, -0.2) is 4.79 Å². The summed E-state index contributed by atoms with van der Waals surface area (Å²) in [6, 6.07) is 15.4. The van der Waals surface area contributed by atoms with Crippen molar-refractivity contribution in [1.29, 1.82) is 5.26 Å². The molecule has 0 spiro atoms. The van der Waals surface area contributed by atoms with Crippen molar-refractivity contribution < 1.29 is 4.79 Å². The Hall–Kier alpha value is -3.11. The number of hydrogen-bond acceptors (Lipinski definition) is 4. The number of nitriles is 1. The molecule has 4 rings (SSSR count). The van der Waals surface area contributed by atoms with E-state index in [0.29, 0.717) is 16.5 Å². The number of thiophene rings is 1. The zero-order chi connectivity index (χ0) is 19.5. The first kappa shape index (κ1) is 18.3. The van der Waals surface area contributed by atoms with Gasteiger partial charge in [-0.1, -0.05) is 25.1 Å². The van der Waals surface area contributed by atoms with Crippen LogP contribution in [0.3, 0.4) is 0 Å². The number of benzene rings is 1. The Morgan fingerprint density at radius 3 is 2.68 bits per heavy atom. The van der Waals surface area contributed by atoms with Gasteiger partial charge >= 0.3 is 6.03 Å². The molecule has 142 valence electrons. The van der Waals surface area contributed by atoms with E-state index in [9.17, 15) is 4.79 Å². The molecule has 3 heterocycles. The molecular weight excluding hydrogens is 370 g/mol. The maximum absolute atomic E-state index is 13.5. The third kappa shape index (κ3) is 3.51. The lowest BCUT2D eigenvalue weighted by Crippen LogP contribution is -2.44. The molecule has 0 saturated carbocycles. The first-order chi connectivity index (χ1) is 13.7. The standard InChI is InChI=1S/C21H21N5OS/c1-15-9-11-25(12-10-15)21(27)26(16-5-3-2-4-6-16)18-14-23-24-20(18)19-8-7-17(13-22)28-19/h2-8,14-15H,9-12H2,1H3,(H,23,24). The first-order valence-corrected chi connectivity index (χ1v) is 10.2. The van der Waals surface area contributed by atoms with E-state index in [1.54, 1.807) is 17.2 Å². The van der Waals surface area contributed by atoms with Gasteiger partial charge in [-0.05, 0) is 43.0 Å². The van der Waals surface area contributed by atoms with Gasteiger partial charge < -0.3 is 4.90 Å². The van der Waals surface area contributed by atoms with Gasteiger partial charge in [0.25, 0.3) is 0 Å². The molecule has 1 saturated heterocycles. The van der Waals surface area contributed by atoms with E-state index in [0.717, 1.165) is 42.2 Å². The number of likely N-dealkylation sites (tertiary alicyclic amines) is 1. The molecular formula is C21H21N5OS. The van der Waals surface area contributed by atoms with Crippen LogP contribution in [0.4, 0.5) is 16.2 Å². The zero-order valence-electron chi connectivity index (χ0n) is 15.6. The van der Waals surface area contributed by atoms with Crippen LogP contribution < -0.4 is 4.90 Å². The van der Waals surface area contributed by atoms with Crippen LogP contribution in [0.2, 0.25) is 0 Å². The molecule has 0 atom stereocenters. The van der Waals surface area contributed by atoms with Crippen molar-refractivity contribution in [2.24, 2.45) is 5.92 Å². The molecule has 0 bridgehead atoms. The Morgan fingerprint density at radius 1 is 1.25 bits per heavy atom. The second-order valence-electron chi connectivity index (χ2n) is 7.03. The van der Waals surface area contributed by atoms with Gasteiger partial charge in [0.2, 0.25) is 0 Å². The second kappa shape index (κ2) is 7.87. The summed E-state index contributed by atoms with van der Waals surface area (Å²) >= 11 is 1.38. The third-order valence-corrected chi connectivity index (χ3v) is 6.09. The number of H-pyrrole nitrogens is 1. The summed E-state index contributed by atoms with van der Waals surface area (Å²) in [7, 11) is 0. The molecule has 1 aliphatic rings. The SMILES string of the molecule is CC1CCN(C(=O)N(c2ccccc2)c2cn[nH]c2-c2ccc(C#N)s2)CC1. The molecule has 0 unspecified atom stereocenters. The fourth-order valence-electron chi connectivity index (χ4n) is 3.43. The lowest BCUT2D eigenvalue weighted by Gasteiger charge is -2.34. The predicted octanol–water partition coefficient (Wildman–Crippen LogP) is 5.00. The molecule has 28 heavy (non-hydrogen) atoms. The second-order valence-corrected chi connectivity index (χ2v) is 8.11. The molecule has 0 radical (unpaired) electrons. The zero-order valence-corrected chi connectivity index (χ0v) is 16.4. The minimum absolute atomic E-state index is 0.0437. The van der Waals surface area contributed by atoms with Crippen LogP contribution in [0.5, 0.6) is 0 Å². The highest BCUT2D eigenvalue weighted by Gasteiger charge is 2.29. The quantitative estimate of drug-likeness (QED) is 0.682. The number of hydrogen-bond donors (Lipinski definition) is 1. The van der Waals surface area contributed by atoms with Gasteiger partial charge in [-0.15, -0.1) is 11.3 Å². The summed E-state index contributed by atoms with van der Waals surface area (Å²) in [6.45, 7) is 3.75. The van der Waals surface area contributed by atoms with E-state index < -0.39 is 0 Å². The van der Waals surface area contributed by atoms with Gasteiger partial charge in [0.05, 0.1) is 28.1 Å². The summed E-state index contributed by atoms with van der Waals surface area (Å²) < 4.78 is 0.